The van der Waals surface area contributed by atoms with Crippen LogP contribution in [0.2, 0.25) is 0 Å². The first-order valence-corrected chi connectivity index (χ1v) is 5.84. The van der Waals surface area contributed by atoms with Crippen LogP contribution in [0, 0.1) is 6.92 Å². The van der Waals surface area contributed by atoms with E-state index in [0.29, 0.717) is 5.95 Å². The molecule has 4 nitrogen and oxygen atoms in total. The van der Waals surface area contributed by atoms with Gasteiger partial charge in [-0.3, -0.25) is 0 Å². The number of rotatable bonds is 5. The predicted octanol–water partition coefficient (Wildman–Crippen LogP) is 2.82. The molecule has 16 heavy (non-hydrogen) atoms. The van der Waals surface area contributed by atoms with Crippen molar-refractivity contribution in [1.29, 1.82) is 0 Å². The van der Waals surface area contributed by atoms with Crippen molar-refractivity contribution >= 4 is 11.8 Å². The molecular formula is C12H22N4. The Kier molecular flexibility index (Phi) is 4.10. The lowest BCUT2D eigenvalue weighted by Gasteiger charge is -2.29. The van der Waals surface area contributed by atoms with Gasteiger partial charge in [0.1, 0.15) is 5.82 Å². The first-order chi connectivity index (χ1) is 7.53. The molecule has 0 aliphatic heterocycles. The van der Waals surface area contributed by atoms with Gasteiger partial charge in [0, 0.05) is 24.3 Å². The SMILES string of the molecule is CCC(C)(CC)Nc1cc(C)nc(NC)n1. The zero-order chi connectivity index (χ0) is 12.2. The Bertz CT molecular complexity index is 345. The van der Waals surface area contributed by atoms with Crippen LogP contribution < -0.4 is 10.6 Å². The second kappa shape index (κ2) is 5.14. The Morgan fingerprint density at radius 1 is 1.25 bits per heavy atom. The molecule has 90 valence electrons. The van der Waals surface area contributed by atoms with E-state index in [4.69, 9.17) is 0 Å². The van der Waals surface area contributed by atoms with Gasteiger partial charge >= 0.3 is 0 Å². The van der Waals surface area contributed by atoms with Gasteiger partial charge < -0.3 is 10.6 Å². The van der Waals surface area contributed by atoms with Crippen LogP contribution in [-0.4, -0.2) is 22.6 Å². The third-order valence-corrected chi connectivity index (χ3v) is 3.07. The zero-order valence-electron chi connectivity index (χ0n) is 10.9. The Balaban J connectivity index is 2.92. The van der Waals surface area contributed by atoms with Gasteiger partial charge in [0.15, 0.2) is 0 Å². The van der Waals surface area contributed by atoms with E-state index in [-0.39, 0.29) is 5.54 Å². The quantitative estimate of drug-likeness (QED) is 0.804. The van der Waals surface area contributed by atoms with Gasteiger partial charge in [-0.25, -0.2) is 4.98 Å². The molecule has 0 saturated heterocycles. The maximum atomic E-state index is 4.40. The molecule has 0 radical (unpaired) electrons. The van der Waals surface area contributed by atoms with Crippen LogP contribution in [-0.2, 0) is 0 Å². The fourth-order valence-corrected chi connectivity index (χ4v) is 1.48. The van der Waals surface area contributed by atoms with Crippen molar-refractivity contribution in [2.24, 2.45) is 0 Å². The molecule has 2 N–H and O–H groups in total. The van der Waals surface area contributed by atoms with Gasteiger partial charge in [-0.1, -0.05) is 13.8 Å². The lowest BCUT2D eigenvalue weighted by molar-refractivity contribution is 0.476. The molecule has 0 aliphatic rings. The summed E-state index contributed by atoms with van der Waals surface area (Å²) in [4.78, 5) is 8.67. The predicted molar refractivity (Wildman–Crippen MR) is 68.9 cm³/mol. The van der Waals surface area contributed by atoms with Crippen molar-refractivity contribution in [3.05, 3.63) is 11.8 Å². The Morgan fingerprint density at radius 2 is 1.88 bits per heavy atom. The zero-order valence-corrected chi connectivity index (χ0v) is 10.9. The second-order valence-corrected chi connectivity index (χ2v) is 4.36. The van der Waals surface area contributed by atoms with Crippen LogP contribution in [0.4, 0.5) is 11.8 Å². The number of hydrogen-bond acceptors (Lipinski definition) is 4. The molecule has 0 unspecified atom stereocenters. The fraction of sp³-hybridized carbons (Fsp3) is 0.667. The van der Waals surface area contributed by atoms with Crippen LogP contribution in [0.15, 0.2) is 6.07 Å². The minimum atomic E-state index is 0.103. The van der Waals surface area contributed by atoms with E-state index in [0.717, 1.165) is 24.4 Å². The van der Waals surface area contributed by atoms with E-state index in [2.05, 4.69) is 41.4 Å². The van der Waals surface area contributed by atoms with Crippen molar-refractivity contribution in [3.63, 3.8) is 0 Å². The number of nitrogens with one attached hydrogen (secondary N) is 2. The Labute approximate surface area is 97.9 Å². The average Bonchev–Trinajstić information content (AvgIpc) is 2.28. The number of anilines is 2. The van der Waals surface area contributed by atoms with Gasteiger partial charge in [0.2, 0.25) is 5.95 Å². The van der Waals surface area contributed by atoms with Crippen molar-refractivity contribution in [2.45, 2.75) is 46.1 Å². The van der Waals surface area contributed by atoms with Gasteiger partial charge in [-0.15, -0.1) is 0 Å². The van der Waals surface area contributed by atoms with Crippen LogP contribution in [0.25, 0.3) is 0 Å². The Hall–Kier alpha value is -1.32. The van der Waals surface area contributed by atoms with Crippen LogP contribution in [0.5, 0.6) is 0 Å². The minimum absolute atomic E-state index is 0.103. The lowest BCUT2D eigenvalue weighted by Crippen LogP contribution is -2.33. The van der Waals surface area contributed by atoms with E-state index < -0.39 is 0 Å². The topological polar surface area (TPSA) is 49.8 Å². The number of aryl methyl sites for hydroxylation is 1. The highest BCUT2D eigenvalue weighted by Crippen LogP contribution is 2.21. The van der Waals surface area contributed by atoms with Gasteiger partial charge in [-0.05, 0) is 26.7 Å². The number of aromatic nitrogens is 2. The van der Waals surface area contributed by atoms with Crippen molar-refractivity contribution < 1.29 is 0 Å². The fourth-order valence-electron chi connectivity index (χ4n) is 1.48. The molecule has 0 saturated carbocycles. The lowest BCUT2D eigenvalue weighted by atomic mass is 9.96. The maximum Gasteiger partial charge on any atom is 0.224 e. The highest BCUT2D eigenvalue weighted by Gasteiger charge is 2.19. The molecule has 1 heterocycles. The molecule has 0 aromatic carbocycles. The highest BCUT2D eigenvalue weighted by molar-refractivity contribution is 5.43. The minimum Gasteiger partial charge on any atom is -0.365 e. The number of hydrogen-bond donors (Lipinski definition) is 2. The van der Waals surface area contributed by atoms with Crippen LogP contribution in [0.3, 0.4) is 0 Å². The van der Waals surface area contributed by atoms with Crippen molar-refractivity contribution in [1.82, 2.24) is 9.97 Å². The monoisotopic (exact) mass is 222 g/mol. The Morgan fingerprint density at radius 3 is 2.38 bits per heavy atom. The summed E-state index contributed by atoms with van der Waals surface area (Å²) in [6.07, 6.45) is 2.14. The van der Waals surface area contributed by atoms with Gasteiger partial charge in [0.25, 0.3) is 0 Å². The first kappa shape index (κ1) is 12.7. The molecule has 1 aromatic rings. The summed E-state index contributed by atoms with van der Waals surface area (Å²) in [5.74, 6) is 1.56. The summed E-state index contributed by atoms with van der Waals surface area (Å²) in [6, 6.07) is 1.98. The molecule has 4 heteroatoms. The van der Waals surface area contributed by atoms with Gasteiger partial charge in [-0.2, -0.15) is 4.98 Å². The van der Waals surface area contributed by atoms with Crippen molar-refractivity contribution in [3.8, 4) is 0 Å². The van der Waals surface area contributed by atoms with E-state index in [9.17, 15) is 0 Å². The molecule has 1 aromatic heterocycles. The molecule has 1 rings (SSSR count). The van der Waals surface area contributed by atoms with E-state index >= 15 is 0 Å². The smallest absolute Gasteiger partial charge is 0.224 e. The summed E-state index contributed by atoms with van der Waals surface area (Å²) in [7, 11) is 1.83. The molecule has 0 bridgehead atoms. The summed E-state index contributed by atoms with van der Waals surface area (Å²) < 4.78 is 0. The van der Waals surface area contributed by atoms with Gasteiger partial charge in [0.05, 0.1) is 0 Å². The second-order valence-electron chi connectivity index (χ2n) is 4.36. The van der Waals surface area contributed by atoms with Crippen LogP contribution >= 0.6 is 0 Å². The summed E-state index contributed by atoms with van der Waals surface area (Å²) in [6.45, 7) is 8.56. The maximum absolute atomic E-state index is 4.40. The van der Waals surface area contributed by atoms with E-state index in [1.807, 2.05) is 20.0 Å². The first-order valence-electron chi connectivity index (χ1n) is 5.84. The normalized spacial score (nSPS) is 11.3. The summed E-state index contributed by atoms with van der Waals surface area (Å²) in [5.41, 5.74) is 1.07. The molecule has 0 amide bonds. The van der Waals surface area contributed by atoms with Crippen LogP contribution in [0.1, 0.15) is 39.3 Å². The summed E-state index contributed by atoms with van der Waals surface area (Å²) >= 11 is 0. The molecule has 0 fully saturated rings. The largest absolute Gasteiger partial charge is 0.365 e. The third kappa shape index (κ3) is 3.08. The molecular weight excluding hydrogens is 200 g/mol. The van der Waals surface area contributed by atoms with E-state index in [1.165, 1.54) is 0 Å². The summed E-state index contributed by atoms with van der Waals surface area (Å²) in [5, 5.41) is 6.45. The number of nitrogens with zero attached hydrogens (tertiary/aromatic N) is 2. The standard InChI is InChI=1S/C12H22N4/c1-6-12(4,7-2)16-10-8-9(3)14-11(13-5)15-10/h8H,6-7H2,1-5H3,(H2,13,14,15,16). The van der Waals surface area contributed by atoms with E-state index in [1.54, 1.807) is 0 Å². The molecule has 0 spiro atoms. The van der Waals surface area contributed by atoms with Crippen molar-refractivity contribution in [2.75, 3.05) is 17.7 Å². The highest BCUT2D eigenvalue weighted by atomic mass is 15.1. The molecule has 0 atom stereocenters. The molecule has 0 aliphatic carbocycles. The third-order valence-electron chi connectivity index (χ3n) is 3.07. The average molecular weight is 222 g/mol.